The minimum atomic E-state index is -4.59. The number of amides is 1. The van der Waals surface area contributed by atoms with E-state index >= 15 is 0 Å². The molecule has 2 rings (SSSR count). The number of carbonyl (C=O) groups is 2. The number of piperidine rings is 1. The fourth-order valence-electron chi connectivity index (χ4n) is 2.86. The highest BCUT2D eigenvalue weighted by Gasteiger charge is 2.31. The molecule has 27 heavy (non-hydrogen) atoms. The number of alkyl halides is 3. The van der Waals surface area contributed by atoms with Crippen LogP contribution in [0.4, 0.5) is 18.9 Å². The van der Waals surface area contributed by atoms with Gasteiger partial charge in [-0.15, -0.1) is 0 Å². The SMILES string of the molecule is O=C(O)CC1CCN(C(=O)c2cc(OCC(F)(F)F)ccc2[N+](=O)[O-])CC1. The number of nitrogens with zero attached hydrogens (tertiary/aromatic N) is 2. The van der Waals surface area contributed by atoms with Crippen LogP contribution in [0.15, 0.2) is 18.2 Å². The average molecular weight is 390 g/mol. The smallest absolute Gasteiger partial charge is 0.422 e. The van der Waals surface area contributed by atoms with Crippen molar-refractivity contribution >= 4 is 17.6 Å². The van der Waals surface area contributed by atoms with Gasteiger partial charge in [-0.25, -0.2) is 0 Å². The van der Waals surface area contributed by atoms with Gasteiger partial charge in [0, 0.05) is 25.6 Å². The second-order valence-corrected chi connectivity index (χ2v) is 6.17. The summed E-state index contributed by atoms with van der Waals surface area (Å²) in [5.74, 6) is -2.04. The summed E-state index contributed by atoms with van der Waals surface area (Å²) in [6.45, 7) is -1.16. The molecule has 0 radical (unpaired) electrons. The Morgan fingerprint density at radius 1 is 1.30 bits per heavy atom. The zero-order valence-electron chi connectivity index (χ0n) is 14.1. The zero-order chi connectivity index (χ0) is 20.2. The molecule has 1 amide bonds. The van der Waals surface area contributed by atoms with Crippen LogP contribution in [0.1, 0.15) is 29.6 Å². The first-order valence-electron chi connectivity index (χ1n) is 8.06. The Hall–Kier alpha value is -2.85. The van der Waals surface area contributed by atoms with Crippen molar-refractivity contribution < 1.29 is 37.5 Å². The lowest BCUT2D eigenvalue weighted by Gasteiger charge is -2.31. The summed E-state index contributed by atoms with van der Waals surface area (Å²) in [4.78, 5) is 35.1. The van der Waals surface area contributed by atoms with Crippen molar-refractivity contribution in [2.75, 3.05) is 19.7 Å². The summed E-state index contributed by atoms with van der Waals surface area (Å²) < 4.78 is 41.4. The normalized spacial score (nSPS) is 15.4. The van der Waals surface area contributed by atoms with E-state index in [0.29, 0.717) is 12.8 Å². The van der Waals surface area contributed by atoms with Crippen LogP contribution in [0.25, 0.3) is 0 Å². The number of likely N-dealkylation sites (tertiary alicyclic amines) is 1. The minimum absolute atomic E-state index is 0.0249. The average Bonchev–Trinajstić information content (AvgIpc) is 2.58. The molecule has 148 valence electrons. The van der Waals surface area contributed by atoms with Gasteiger partial charge < -0.3 is 14.7 Å². The van der Waals surface area contributed by atoms with Crippen molar-refractivity contribution in [3.05, 3.63) is 33.9 Å². The largest absolute Gasteiger partial charge is 0.484 e. The Morgan fingerprint density at radius 2 is 1.93 bits per heavy atom. The number of rotatable bonds is 6. The number of halogens is 3. The van der Waals surface area contributed by atoms with Gasteiger partial charge in [-0.05, 0) is 30.9 Å². The molecule has 1 N–H and O–H groups in total. The second-order valence-electron chi connectivity index (χ2n) is 6.17. The second kappa shape index (κ2) is 8.23. The number of carboxylic acids is 1. The van der Waals surface area contributed by atoms with E-state index in [1.165, 1.54) is 4.90 Å². The number of nitro groups is 1. The summed E-state index contributed by atoms with van der Waals surface area (Å²) in [6.07, 6.45) is -3.76. The van der Waals surface area contributed by atoms with Gasteiger partial charge in [0.1, 0.15) is 11.3 Å². The number of carbonyl (C=O) groups excluding carboxylic acids is 1. The van der Waals surface area contributed by atoms with Crippen LogP contribution < -0.4 is 4.74 Å². The van der Waals surface area contributed by atoms with Gasteiger partial charge in [-0.2, -0.15) is 13.2 Å². The van der Waals surface area contributed by atoms with Crippen LogP contribution in [0.2, 0.25) is 0 Å². The van der Waals surface area contributed by atoms with Crippen molar-refractivity contribution in [2.24, 2.45) is 5.92 Å². The Labute approximate surface area is 151 Å². The summed E-state index contributed by atoms with van der Waals surface area (Å²) in [6, 6.07) is 2.85. The van der Waals surface area contributed by atoms with Gasteiger partial charge in [0.15, 0.2) is 6.61 Å². The molecule has 0 bridgehead atoms. The van der Waals surface area contributed by atoms with E-state index in [9.17, 15) is 32.9 Å². The van der Waals surface area contributed by atoms with Crippen molar-refractivity contribution in [3.63, 3.8) is 0 Å². The maximum absolute atomic E-state index is 12.6. The monoisotopic (exact) mass is 390 g/mol. The highest BCUT2D eigenvalue weighted by molar-refractivity contribution is 5.98. The molecule has 1 aliphatic rings. The fraction of sp³-hybridized carbons (Fsp3) is 0.500. The van der Waals surface area contributed by atoms with Gasteiger partial charge in [-0.1, -0.05) is 0 Å². The summed E-state index contributed by atoms with van der Waals surface area (Å²) >= 11 is 0. The number of nitro benzene ring substituents is 1. The van der Waals surface area contributed by atoms with E-state index < -0.39 is 35.3 Å². The first kappa shape index (κ1) is 20.5. The molecule has 1 fully saturated rings. The lowest BCUT2D eigenvalue weighted by Crippen LogP contribution is -2.39. The van der Waals surface area contributed by atoms with Gasteiger partial charge in [0.05, 0.1) is 4.92 Å². The maximum atomic E-state index is 12.6. The van der Waals surface area contributed by atoms with Crippen LogP contribution in [-0.4, -0.2) is 52.7 Å². The summed E-state index contributed by atoms with van der Waals surface area (Å²) in [5.41, 5.74) is -0.900. The molecule has 0 saturated carbocycles. The van der Waals surface area contributed by atoms with E-state index in [-0.39, 0.29) is 36.7 Å². The van der Waals surface area contributed by atoms with Crippen molar-refractivity contribution in [1.82, 2.24) is 4.90 Å². The molecule has 0 atom stereocenters. The van der Waals surface area contributed by atoms with Crippen LogP contribution in [0, 0.1) is 16.0 Å². The predicted molar refractivity (Wildman–Crippen MR) is 85.5 cm³/mol. The third-order valence-corrected chi connectivity index (χ3v) is 4.16. The Bertz CT molecular complexity index is 729. The molecule has 1 saturated heterocycles. The van der Waals surface area contributed by atoms with Crippen LogP contribution in [0.3, 0.4) is 0 Å². The van der Waals surface area contributed by atoms with E-state index in [1.54, 1.807) is 0 Å². The molecule has 1 aliphatic heterocycles. The Morgan fingerprint density at radius 3 is 2.44 bits per heavy atom. The Kier molecular flexibility index (Phi) is 6.24. The molecule has 0 unspecified atom stereocenters. The highest BCUT2D eigenvalue weighted by Crippen LogP contribution is 2.29. The molecule has 11 heteroatoms. The van der Waals surface area contributed by atoms with E-state index in [4.69, 9.17) is 5.11 Å². The Balaban J connectivity index is 2.15. The number of benzene rings is 1. The maximum Gasteiger partial charge on any atom is 0.422 e. The summed E-state index contributed by atoms with van der Waals surface area (Å²) in [7, 11) is 0. The summed E-state index contributed by atoms with van der Waals surface area (Å²) in [5, 5.41) is 20.0. The van der Waals surface area contributed by atoms with E-state index in [1.807, 2.05) is 0 Å². The molecule has 0 aliphatic carbocycles. The van der Waals surface area contributed by atoms with Crippen LogP contribution in [-0.2, 0) is 4.79 Å². The van der Waals surface area contributed by atoms with E-state index in [2.05, 4.69) is 4.74 Å². The molecule has 1 aromatic carbocycles. The highest BCUT2D eigenvalue weighted by atomic mass is 19.4. The molecule has 8 nitrogen and oxygen atoms in total. The van der Waals surface area contributed by atoms with Gasteiger partial charge in [0.2, 0.25) is 0 Å². The number of ether oxygens (including phenoxy) is 1. The van der Waals surface area contributed by atoms with E-state index in [0.717, 1.165) is 18.2 Å². The lowest BCUT2D eigenvalue weighted by atomic mass is 9.93. The van der Waals surface area contributed by atoms with Crippen LogP contribution >= 0.6 is 0 Å². The first-order chi connectivity index (χ1) is 12.6. The van der Waals surface area contributed by atoms with Gasteiger partial charge in [-0.3, -0.25) is 19.7 Å². The number of hydrogen-bond donors (Lipinski definition) is 1. The molecule has 0 aromatic heterocycles. The molecular formula is C16H17F3N2O6. The fourth-order valence-corrected chi connectivity index (χ4v) is 2.86. The van der Waals surface area contributed by atoms with Gasteiger partial charge in [0.25, 0.3) is 11.6 Å². The topological polar surface area (TPSA) is 110 Å². The molecule has 1 aromatic rings. The standard InChI is InChI=1S/C16H17F3N2O6/c17-16(18,19)9-27-11-1-2-13(21(25)26)12(8-11)15(24)20-5-3-10(4-6-20)7-14(22)23/h1-2,8,10H,3-7,9H2,(H,22,23). The third-order valence-electron chi connectivity index (χ3n) is 4.16. The zero-order valence-corrected chi connectivity index (χ0v) is 14.1. The lowest BCUT2D eigenvalue weighted by molar-refractivity contribution is -0.385. The molecule has 0 spiro atoms. The first-order valence-corrected chi connectivity index (χ1v) is 8.06. The van der Waals surface area contributed by atoms with Crippen molar-refractivity contribution in [3.8, 4) is 5.75 Å². The number of carboxylic acid groups (broad SMARTS) is 1. The molecule has 1 heterocycles. The quantitative estimate of drug-likeness (QED) is 0.591. The predicted octanol–water partition coefficient (Wildman–Crippen LogP) is 2.86. The number of hydrogen-bond acceptors (Lipinski definition) is 5. The number of aliphatic carboxylic acids is 1. The molecular weight excluding hydrogens is 373 g/mol. The third kappa shape index (κ3) is 5.83. The van der Waals surface area contributed by atoms with Gasteiger partial charge >= 0.3 is 12.1 Å². The van der Waals surface area contributed by atoms with Crippen molar-refractivity contribution in [1.29, 1.82) is 0 Å². The van der Waals surface area contributed by atoms with Crippen LogP contribution in [0.5, 0.6) is 5.75 Å². The van der Waals surface area contributed by atoms with Crippen molar-refractivity contribution in [2.45, 2.75) is 25.4 Å². The minimum Gasteiger partial charge on any atom is -0.484 e.